The van der Waals surface area contributed by atoms with Crippen LogP contribution in [0.25, 0.3) is 22.2 Å². The second-order valence-corrected chi connectivity index (χ2v) is 13.4. The first kappa shape index (κ1) is 25.9. The van der Waals surface area contributed by atoms with E-state index in [1.54, 1.807) is 4.90 Å². The molecule has 1 N–H and O–H groups in total. The summed E-state index contributed by atoms with van der Waals surface area (Å²) in [4.78, 5) is 24.9. The van der Waals surface area contributed by atoms with Crippen molar-refractivity contribution in [1.29, 1.82) is 0 Å². The van der Waals surface area contributed by atoms with E-state index in [0.29, 0.717) is 31.5 Å². The molecule has 0 bridgehead atoms. The number of likely N-dealkylation sites (tertiary alicyclic amines) is 1. The van der Waals surface area contributed by atoms with E-state index in [-0.39, 0.29) is 17.4 Å². The lowest BCUT2D eigenvalue weighted by Crippen LogP contribution is -2.48. The van der Waals surface area contributed by atoms with E-state index in [9.17, 15) is 13.2 Å². The number of aryl methyl sites for hydroxylation is 2. The highest BCUT2D eigenvalue weighted by atomic mass is 32.2. The van der Waals surface area contributed by atoms with Crippen LogP contribution in [0.4, 0.5) is 0 Å². The molecule has 2 aliphatic rings. The van der Waals surface area contributed by atoms with Crippen molar-refractivity contribution in [3.63, 3.8) is 0 Å². The number of aromatic amines is 1. The molecule has 3 aromatic rings. The first-order valence-electron chi connectivity index (χ1n) is 13.4. The number of piperidine rings is 1. The zero-order valence-electron chi connectivity index (χ0n) is 22.4. The molecule has 1 amide bonds. The van der Waals surface area contributed by atoms with E-state index < -0.39 is 9.84 Å². The minimum absolute atomic E-state index is 0.0535. The van der Waals surface area contributed by atoms with Gasteiger partial charge in [0, 0.05) is 40.9 Å². The molecular weight excluding hydrogens is 484 g/mol. The van der Waals surface area contributed by atoms with E-state index in [2.05, 4.69) is 59.0 Å². The fraction of sp³-hybridized carbons (Fsp3) is 0.517. The van der Waals surface area contributed by atoms with Crippen LogP contribution >= 0.6 is 0 Å². The van der Waals surface area contributed by atoms with Crippen molar-refractivity contribution in [1.82, 2.24) is 19.8 Å². The summed E-state index contributed by atoms with van der Waals surface area (Å²) in [5.41, 5.74) is 8.33. The summed E-state index contributed by atoms with van der Waals surface area (Å²) in [7, 11) is -2.98. The Balaban J connectivity index is 1.30. The minimum Gasteiger partial charge on any atom is -0.354 e. The van der Waals surface area contributed by atoms with Gasteiger partial charge in [-0.05, 0) is 87.0 Å². The van der Waals surface area contributed by atoms with Gasteiger partial charge in [-0.3, -0.25) is 14.7 Å². The van der Waals surface area contributed by atoms with Gasteiger partial charge in [0.25, 0.3) is 0 Å². The lowest BCUT2D eigenvalue weighted by Gasteiger charge is -2.34. The van der Waals surface area contributed by atoms with Crippen molar-refractivity contribution in [2.24, 2.45) is 0 Å². The Labute approximate surface area is 220 Å². The molecule has 37 heavy (non-hydrogen) atoms. The number of hydrogen-bond donors (Lipinski definition) is 1. The van der Waals surface area contributed by atoms with E-state index in [4.69, 9.17) is 0 Å². The molecule has 4 heterocycles. The number of nitrogens with one attached hydrogen (secondary N) is 1. The first-order valence-corrected chi connectivity index (χ1v) is 15.2. The number of sulfone groups is 1. The highest BCUT2D eigenvalue weighted by molar-refractivity contribution is 7.91. The largest absolute Gasteiger partial charge is 0.354 e. The molecule has 0 saturated carbocycles. The van der Waals surface area contributed by atoms with Crippen LogP contribution in [-0.2, 0) is 14.6 Å². The van der Waals surface area contributed by atoms with E-state index in [1.165, 1.54) is 33.3 Å². The number of rotatable bonds is 5. The Bertz CT molecular complexity index is 1380. The third-order valence-corrected chi connectivity index (χ3v) is 9.53. The van der Waals surface area contributed by atoms with Crippen molar-refractivity contribution < 1.29 is 13.2 Å². The average molecular weight is 523 g/mol. The van der Waals surface area contributed by atoms with Gasteiger partial charge in [-0.2, -0.15) is 0 Å². The predicted molar refractivity (Wildman–Crippen MR) is 149 cm³/mol. The van der Waals surface area contributed by atoms with Crippen molar-refractivity contribution in [3.05, 3.63) is 52.8 Å². The van der Waals surface area contributed by atoms with Crippen LogP contribution in [-0.4, -0.2) is 78.3 Å². The van der Waals surface area contributed by atoms with Gasteiger partial charge in [0.1, 0.15) is 0 Å². The van der Waals surface area contributed by atoms with Gasteiger partial charge in [0.2, 0.25) is 5.91 Å². The van der Waals surface area contributed by atoms with Crippen LogP contribution in [0.5, 0.6) is 0 Å². The van der Waals surface area contributed by atoms with Gasteiger partial charge in [-0.1, -0.05) is 19.9 Å². The number of aromatic nitrogens is 2. The summed E-state index contributed by atoms with van der Waals surface area (Å²) in [5, 5.41) is 1.30. The standard InChI is InChI=1S/C29H38N4O3S/c1-19(2)28-25-17-23(5-6-26(25)31-29(28)24-15-20(3)30-21(4)16-24)22-7-9-32(10-8-22)18-27(34)33-11-13-37(35,36)14-12-33/h5-6,15-17,19,22,31H,7-14,18H2,1-4H3. The fourth-order valence-corrected chi connectivity index (χ4v) is 7.17. The topological polar surface area (TPSA) is 86.4 Å². The first-order chi connectivity index (χ1) is 17.6. The smallest absolute Gasteiger partial charge is 0.236 e. The Morgan fingerprint density at radius 1 is 1.03 bits per heavy atom. The molecule has 0 spiro atoms. The highest BCUT2D eigenvalue weighted by Crippen LogP contribution is 2.38. The fourth-order valence-electron chi connectivity index (χ4n) is 5.97. The normalized spacial score (nSPS) is 19.1. The van der Waals surface area contributed by atoms with Crippen molar-refractivity contribution >= 4 is 26.6 Å². The lowest BCUT2D eigenvalue weighted by molar-refractivity contribution is -0.132. The molecule has 1 aromatic carbocycles. The van der Waals surface area contributed by atoms with Gasteiger partial charge in [0.05, 0.1) is 23.7 Å². The van der Waals surface area contributed by atoms with Crippen LogP contribution in [0, 0.1) is 13.8 Å². The number of fused-ring (bicyclic) bond motifs is 1. The molecule has 8 heteroatoms. The molecule has 2 aromatic heterocycles. The number of hydrogen-bond acceptors (Lipinski definition) is 5. The molecule has 2 fully saturated rings. The second kappa shape index (κ2) is 10.2. The number of amides is 1. The number of carbonyl (C=O) groups is 1. The molecule has 0 unspecified atom stereocenters. The summed E-state index contributed by atoms with van der Waals surface area (Å²) in [6.07, 6.45) is 2.04. The van der Waals surface area contributed by atoms with Crippen molar-refractivity contribution in [3.8, 4) is 11.3 Å². The molecule has 0 aliphatic carbocycles. The summed E-state index contributed by atoms with van der Waals surface area (Å²) >= 11 is 0. The number of nitrogens with zero attached hydrogens (tertiary/aromatic N) is 3. The quantitative estimate of drug-likeness (QED) is 0.537. The second-order valence-electron chi connectivity index (χ2n) is 11.1. The zero-order valence-corrected chi connectivity index (χ0v) is 23.2. The average Bonchev–Trinajstić information content (AvgIpc) is 3.23. The van der Waals surface area contributed by atoms with Crippen LogP contribution < -0.4 is 0 Å². The zero-order chi connectivity index (χ0) is 26.3. The Kier molecular flexibility index (Phi) is 7.16. The molecule has 2 saturated heterocycles. The molecule has 7 nitrogen and oxygen atoms in total. The van der Waals surface area contributed by atoms with E-state index >= 15 is 0 Å². The van der Waals surface area contributed by atoms with Crippen LogP contribution in [0.3, 0.4) is 0 Å². The van der Waals surface area contributed by atoms with Crippen LogP contribution in [0.2, 0.25) is 0 Å². The molecular formula is C29H38N4O3S. The predicted octanol–water partition coefficient (Wildman–Crippen LogP) is 4.41. The maximum atomic E-state index is 12.7. The van der Waals surface area contributed by atoms with Gasteiger partial charge >= 0.3 is 0 Å². The number of carbonyl (C=O) groups excluding carboxylic acids is 1. The monoisotopic (exact) mass is 522 g/mol. The van der Waals surface area contributed by atoms with E-state index in [0.717, 1.165) is 37.3 Å². The van der Waals surface area contributed by atoms with Crippen molar-refractivity contribution in [2.75, 3.05) is 44.2 Å². The van der Waals surface area contributed by atoms with Gasteiger partial charge in [0.15, 0.2) is 9.84 Å². The van der Waals surface area contributed by atoms with Gasteiger partial charge in [-0.15, -0.1) is 0 Å². The Morgan fingerprint density at radius 3 is 2.30 bits per heavy atom. The SMILES string of the molecule is Cc1cc(-c2[nH]c3ccc(C4CCN(CC(=O)N5CCS(=O)(=O)CC5)CC4)cc3c2C(C)C)cc(C)n1. The summed E-state index contributed by atoms with van der Waals surface area (Å²) < 4.78 is 23.3. The molecule has 0 atom stereocenters. The highest BCUT2D eigenvalue weighted by Gasteiger charge is 2.28. The number of pyridine rings is 1. The molecule has 5 rings (SSSR count). The van der Waals surface area contributed by atoms with E-state index in [1.807, 2.05) is 13.8 Å². The molecule has 2 aliphatic heterocycles. The molecule has 0 radical (unpaired) electrons. The van der Waals surface area contributed by atoms with Gasteiger partial charge in [-0.25, -0.2) is 8.42 Å². The Morgan fingerprint density at radius 2 is 1.68 bits per heavy atom. The van der Waals surface area contributed by atoms with Crippen molar-refractivity contribution in [2.45, 2.75) is 52.4 Å². The maximum Gasteiger partial charge on any atom is 0.236 e. The van der Waals surface area contributed by atoms with Gasteiger partial charge < -0.3 is 9.88 Å². The minimum atomic E-state index is -2.98. The third-order valence-electron chi connectivity index (χ3n) is 7.93. The van der Waals surface area contributed by atoms with Crippen LogP contribution in [0.1, 0.15) is 61.0 Å². The molecule has 198 valence electrons. The lowest BCUT2D eigenvalue weighted by atomic mass is 9.87. The van der Waals surface area contributed by atoms with Crippen LogP contribution in [0.15, 0.2) is 30.3 Å². The summed E-state index contributed by atoms with van der Waals surface area (Å²) in [6.45, 7) is 11.4. The third kappa shape index (κ3) is 5.60. The number of H-pyrrole nitrogens is 1. The number of benzene rings is 1. The summed E-state index contributed by atoms with van der Waals surface area (Å²) in [6, 6.07) is 11.2. The Hall–Kier alpha value is -2.71. The maximum absolute atomic E-state index is 12.7. The summed E-state index contributed by atoms with van der Waals surface area (Å²) in [5.74, 6) is 1.08.